The van der Waals surface area contributed by atoms with Crippen LogP contribution in [0.4, 0.5) is 5.82 Å². The zero-order valence-corrected chi connectivity index (χ0v) is 17.6. The van der Waals surface area contributed by atoms with E-state index in [1.807, 2.05) is 25.1 Å². The lowest BCUT2D eigenvalue weighted by Crippen LogP contribution is -2.16. The molecule has 0 bridgehead atoms. The van der Waals surface area contributed by atoms with Crippen molar-refractivity contribution in [3.63, 3.8) is 0 Å². The lowest BCUT2D eigenvalue weighted by molar-refractivity contribution is 0.438. The molecule has 0 saturated carbocycles. The third-order valence-electron chi connectivity index (χ3n) is 4.73. The van der Waals surface area contributed by atoms with Crippen molar-refractivity contribution in [1.82, 2.24) is 14.5 Å². The number of para-hydroxylation sites is 1. The summed E-state index contributed by atoms with van der Waals surface area (Å²) < 4.78 is 7.48. The molecule has 2 aromatic heterocycles. The molecule has 3 aromatic rings. The predicted molar refractivity (Wildman–Crippen MR) is 117 cm³/mol. The van der Waals surface area contributed by atoms with Crippen molar-refractivity contribution in [3.05, 3.63) is 64.1 Å². The van der Waals surface area contributed by atoms with Crippen LogP contribution in [0.1, 0.15) is 37.8 Å². The summed E-state index contributed by atoms with van der Waals surface area (Å²) in [5.74, 6) is 1.06. The molecule has 3 rings (SSSR count). The first-order valence-electron chi connectivity index (χ1n) is 9.91. The van der Waals surface area contributed by atoms with E-state index in [1.54, 1.807) is 25.4 Å². The third-order valence-corrected chi connectivity index (χ3v) is 4.73. The Bertz CT molecular complexity index is 1150. The van der Waals surface area contributed by atoms with Gasteiger partial charge in [0.1, 0.15) is 11.9 Å². The monoisotopic (exact) mass is 403 g/mol. The van der Waals surface area contributed by atoms with Gasteiger partial charge in [-0.3, -0.25) is 4.79 Å². The number of nitrogens with zero attached hydrogens (tertiary/aromatic N) is 4. The van der Waals surface area contributed by atoms with Crippen LogP contribution in [0, 0.1) is 18.3 Å². The molecule has 1 unspecified atom stereocenters. The summed E-state index contributed by atoms with van der Waals surface area (Å²) in [6, 6.07) is 12.9. The van der Waals surface area contributed by atoms with Crippen LogP contribution < -0.4 is 15.6 Å². The van der Waals surface area contributed by atoms with Gasteiger partial charge in [0.25, 0.3) is 0 Å². The zero-order chi connectivity index (χ0) is 21.7. The first-order chi connectivity index (χ1) is 14.4. The fraction of sp³-hybridized carbons (Fsp3) is 0.304. The molecule has 154 valence electrons. The van der Waals surface area contributed by atoms with Crippen molar-refractivity contribution in [3.8, 4) is 29.1 Å². The Hall–Kier alpha value is -3.66. The molecule has 30 heavy (non-hydrogen) atoms. The minimum absolute atomic E-state index is 0.0993. The zero-order valence-electron chi connectivity index (χ0n) is 17.6. The molecule has 0 aliphatic heterocycles. The number of pyridine rings is 1. The Morgan fingerprint density at radius 1 is 1.27 bits per heavy atom. The van der Waals surface area contributed by atoms with Gasteiger partial charge >= 0.3 is 6.01 Å². The number of aromatic nitrogens is 3. The van der Waals surface area contributed by atoms with Crippen molar-refractivity contribution in [2.24, 2.45) is 7.05 Å². The standard InChI is InChI=1S/C23H25N5O2/c1-5-7-16(3)25-20-12-19(18-10-11-21(29)28(4)14-18)26-23(27-20)30-22-15(2)8-6-9-17(22)13-24/h6,8-12,14,16H,5,7H2,1-4H3,(H,25,26,27). The maximum absolute atomic E-state index is 11.8. The minimum Gasteiger partial charge on any atom is -0.423 e. The van der Waals surface area contributed by atoms with Crippen LogP contribution in [0.2, 0.25) is 0 Å². The van der Waals surface area contributed by atoms with E-state index in [0.717, 1.165) is 24.0 Å². The second-order valence-corrected chi connectivity index (χ2v) is 7.29. The predicted octanol–water partition coefficient (Wildman–Crippen LogP) is 4.42. The van der Waals surface area contributed by atoms with Crippen molar-refractivity contribution >= 4 is 5.82 Å². The summed E-state index contributed by atoms with van der Waals surface area (Å²) in [5, 5.41) is 12.8. The summed E-state index contributed by atoms with van der Waals surface area (Å²) in [4.78, 5) is 20.8. The quantitative estimate of drug-likeness (QED) is 0.628. The maximum Gasteiger partial charge on any atom is 0.324 e. The molecule has 0 fully saturated rings. The highest BCUT2D eigenvalue weighted by Gasteiger charge is 2.14. The van der Waals surface area contributed by atoms with Crippen LogP contribution in [-0.4, -0.2) is 20.6 Å². The Kier molecular flexibility index (Phi) is 6.48. The molecule has 0 radical (unpaired) electrons. The van der Waals surface area contributed by atoms with E-state index in [4.69, 9.17) is 4.74 Å². The van der Waals surface area contributed by atoms with Crippen LogP contribution >= 0.6 is 0 Å². The van der Waals surface area contributed by atoms with Gasteiger partial charge in [-0.05, 0) is 38.0 Å². The molecule has 2 heterocycles. The lowest BCUT2D eigenvalue weighted by atomic mass is 10.1. The maximum atomic E-state index is 11.8. The average Bonchev–Trinajstić information content (AvgIpc) is 2.71. The van der Waals surface area contributed by atoms with Gasteiger partial charge in [-0.25, -0.2) is 0 Å². The fourth-order valence-electron chi connectivity index (χ4n) is 3.16. The highest BCUT2D eigenvalue weighted by molar-refractivity contribution is 5.62. The van der Waals surface area contributed by atoms with Gasteiger partial charge in [0.2, 0.25) is 5.56 Å². The molecule has 1 aromatic carbocycles. The van der Waals surface area contributed by atoms with E-state index in [1.165, 1.54) is 10.6 Å². The summed E-state index contributed by atoms with van der Waals surface area (Å²) in [6.07, 6.45) is 3.76. The number of anilines is 1. The second kappa shape index (κ2) is 9.23. The van der Waals surface area contributed by atoms with Gasteiger partial charge < -0.3 is 14.6 Å². The number of ether oxygens (including phenoxy) is 1. The topological polar surface area (TPSA) is 92.8 Å². The molecule has 7 nitrogen and oxygen atoms in total. The van der Waals surface area contributed by atoms with Gasteiger partial charge in [-0.2, -0.15) is 15.2 Å². The van der Waals surface area contributed by atoms with Crippen molar-refractivity contribution < 1.29 is 4.74 Å². The van der Waals surface area contributed by atoms with Gasteiger partial charge in [0, 0.05) is 37.0 Å². The number of hydrogen-bond donors (Lipinski definition) is 1. The van der Waals surface area contributed by atoms with Gasteiger partial charge in [-0.15, -0.1) is 0 Å². The van der Waals surface area contributed by atoms with Crippen LogP contribution in [0.3, 0.4) is 0 Å². The van der Waals surface area contributed by atoms with Crippen LogP contribution in [0.5, 0.6) is 11.8 Å². The smallest absolute Gasteiger partial charge is 0.324 e. The Morgan fingerprint density at radius 2 is 2.07 bits per heavy atom. The molecular formula is C23H25N5O2. The molecule has 0 spiro atoms. The number of rotatable bonds is 7. The molecular weight excluding hydrogens is 378 g/mol. The van der Waals surface area contributed by atoms with Gasteiger partial charge in [0.15, 0.2) is 5.75 Å². The van der Waals surface area contributed by atoms with Crippen molar-refractivity contribution in [2.45, 2.75) is 39.7 Å². The summed E-state index contributed by atoms with van der Waals surface area (Å²) in [7, 11) is 1.69. The lowest BCUT2D eigenvalue weighted by Gasteiger charge is -2.16. The molecule has 0 saturated heterocycles. The number of nitriles is 1. The van der Waals surface area contributed by atoms with E-state index in [2.05, 4.69) is 35.2 Å². The highest BCUT2D eigenvalue weighted by Crippen LogP contribution is 2.29. The van der Waals surface area contributed by atoms with Crippen molar-refractivity contribution in [1.29, 1.82) is 5.26 Å². The summed E-state index contributed by atoms with van der Waals surface area (Å²) >= 11 is 0. The van der Waals surface area contributed by atoms with E-state index in [0.29, 0.717) is 22.8 Å². The Morgan fingerprint density at radius 3 is 2.77 bits per heavy atom. The molecule has 0 aliphatic rings. The van der Waals surface area contributed by atoms with Gasteiger partial charge in [0.05, 0.1) is 11.3 Å². The number of hydrogen-bond acceptors (Lipinski definition) is 6. The molecule has 0 amide bonds. The first-order valence-corrected chi connectivity index (χ1v) is 9.91. The summed E-state index contributed by atoms with van der Waals surface area (Å²) in [6.45, 7) is 6.09. The number of nitrogens with one attached hydrogen (secondary N) is 1. The Labute approximate surface area is 176 Å². The first kappa shape index (κ1) is 21.1. The van der Waals surface area contributed by atoms with E-state index < -0.39 is 0 Å². The number of benzene rings is 1. The molecule has 1 atom stereocenters. The normalized spacial score (nSPS) is 11.6. The highest BCUT2D eigenvalue weighted by atomic mass is 16.5. The van der Waals surface area contributed by atoms with E-state index >= 15 is 0 Å². The fourth-order valence-corrected chi connectivity index (χ4v) is 3.16. The van der Waals surface area contributed by atoms with Gasteiger partial charge in [-0.1, -0.05) is 25.5 Å². The SMILES string of the molecule is CCCC(C)Nc1cc(-c2ccc(=O)n(C)c2)nc(Oc2c(C)cccc2C#N)n1. The second-order valence-electron chi connectivity index (χ2n) is 7.29. The molecule has 0 aliphatic carbocycles. The Balaban J connectivity index is 2.07. The van der Waals surface area contributed by atoms with Crippen LogP contribution in [0.15, 0.2) is 47.4 Å². The van der Waals surface area contributed by atoms with E-state index in [-0.39, 0.29) is 17.6 Å². The average molecular weight is 403 g/mol. The third kappa shape index (κ3) is 4.84. The van der Waals surface area contributed by atoms with Crippen molar-refractivity contribution in [2.75, 3.05) is 5.32 Å². The summed E-state index contributed by atoms with van der Waals surface area (Å²) in [5.41, 5.74) is 2.52. The largest absolute Gasteiger partial charge is 0.423 e. The van der Waals surface area contributed by atoms with Crippen LogP contribution in [-0.2, 0) is 7.05 Å². The van der Waals surface area contributed by atoms with E-state index in [9.17, 15) is 10.1 Å². The molecule has 7 heteroatoms. The molecule has 1 N–H and O–H groups in total. The minimum atomic E-state index is -0.0993. The van der Waals surface area contributed by atoms with Crippen LogP contribution in [0.25, 0.3) is 11.3 Å². The number of aryl methyl sites for hydroxylation is 2.